The third-order valence-electron chi connectivity index (χ3n) is 8.80. The van der Waals surface area contributed by atoms with Crippen LogP contribution < -0.4 is 14.2 Å². The fourth-order valence-corrected chi connectivity index (χ4v) is 7.31. The Balaban J connectivity index is 1.34. The van der Waals surface area contributed by atoms with Crippen LogP contribution in [-0.4, -0.2) is 60.7 Å². The van der Waals surface area contributed by atoms with Crippen molar-refractivity contribution in [2.24, 2.45) is 5.92 Å². The van der Waals surface area contributed by atoms with Crippen LogP contribution >= 0.6 is 0 Å². The number of methoxy groups -OCH3 is 1. The highest BCUT2D eigenvalue weighted by atomic mass is 16.7. The minimum absolute atomic E-state index is 0.0441. The fourth-order valence-electron chi connectivity index (χ4n) is 7.31. The van der Waals surface area contributed by atoms with Gasteiger partial charge in [0.15, 0.2) is 11.5 Å². The van der Waals surface area contributed by atoms with Crippen molar-refractivity contribution in [1.29, 1.82) is 0 Å². The van der Waals surface area contributed by atoms with Crippen LogP contribution in [0.1, 0.15) is 41.0 Å². The lowest BCUT2D eigenvalue weighted by molar-refractivity contribution is -0.142. The van der Waals surface area contributed by atoms with Gasteiger partial charge in [0.05, 0.1) is 25.1 Å². The molecule has 3 aromatic rings. The topological polar surface area (TPSA) is 68.3 Å². The summed E-state index contributed by atoms with van der Waals surface area (Å²) in [6.45, 7) is 2.83. The molecule has 0 spiro atoms. The minimum atomic E-state index is -0.280. The van der Waals surface area contributed by atoms with Crippen molar-refractivity contribution in [3.8, 4) is 17.2 Å². The normalized spacial score (nSPS) is 26.7. The standard InChI is InChI=1S/C31H30N2O5/c1-18(34)32-16-23-26-22-14-24-29(38-17-37-24)30(36-2)27(22)25(20-11-7-4-8-12-20)28(26)31(35)33(23)15-21(32)13-19-9-5-3-6-10-19/h3-12,14,21,23,25-26,28H,13,15-17H2,1-2H3. The fraction of sp³-hybridized carbons (Fsp3) is 0.355. The van der Waals surface area contributed by atoms with Crippen LogP contribution in [0, 0.1) is 5.92 Å². The van der Waals surface area contributed by atoms with Gasteiger partial charge in [0.25, 0.3) is 0 Å². The van der Waals surface area contributed by atoms with Crippen LogP contribution in [0.5, 0.6) is 17.2 Å². The zero-order valence-corrected chi connectivity index (χ0v) is 21.5. The maximum absolute atomic E-state index is 14.3. The largest absolute Gasteiger partial charge is 0.492 e. The van der Waals surface area contributed by atoms with E-state index in [9.17, 15) is 9.59 Å². The van der Waals surface area contributed by atoms with E-state index in [0.29, 0.717) is 30.3 Å². The van der Waals surface area contributed by atoms with Gasteiger partial charge in [0, 0.05) is 37.4 Å². The number of piperazine rings is 1. The van der Waals surface area contributed by atoms with Gasteiger partial charge in [-0.2, -0.15) is 0 Å². The smallest absolute Gasteiger partial charge is 0.231 e. The van der Waals surface area contributed by atoms with Crippen molar-refractivity contribution in [3.63, 3.8) is 0 Å². The Kier molecular flexibility index (Phi) is 5.35. The van der Waals surface area contributed by atoms with E-state index in [-0.39, 0.29) is 48.4 Å². The molecule has 2 saturated heterocycles. The highest BCUT2D eigenvalue weighted by Crippen LogP contribution is 2.62. The maximum Gasteiger partial charge on any atom is 0.231 e. The lowest BCUT2D eigenvalue weighted by Gasteiger charge is -2.45. The molecule has 7 rings (SSSR count). The zero-order valence-electron chi connectivity index (χ0n) is 21.5. The summed E-state index contributed by atoms with van der Waals surface area (Å²) in [5, 5.41) is 0. The monoisotopic (exact) mass is 510 g/mol. The molecular weight excluding hydrogens is 480 g/mol. The van der Waals surface area contributed by atoms with E-state index in [0.717, 1.165) is 23.1 Å². The number of carbonyl (C=O) groups is 2. The van der Waals surface area contributed by atoms with Crippen molar-refractivity contribution < 1.29 is 23.8 Å². The molecule has 0 radical (unpaired) electrons. The Morgan fingerprint density at radius 2 is 1.74 bits per heavy atom. The molecule has 3 aromatic carbocycles. The second-order valence-electron chi connectivity index (χ2n) is 10.7. The molecule has 0 N–H and O–H groups in total. The predicted octanol–water partition coefficient (Wildman–Crippen LogP) is 3.95. The third kappa shape index (κ3) is 3.34. The van der Waals surface area contributed by atoms with Gasteiger partial charge in [-0.05, 0) is 29.2 Å². The first kappa shape index (κ1) is 23.1. The average Bonchev–Trinajstić information content (AvgIpc) is 3.61. The lowest BCUT2D eigenvalue weighted by Crippen LogP contribution is -2.59. The maximum atomic E-state index is 14.3. The highest BCUT2D eigenvalue weighted by Gasteiger charge is 2.60. The molecule has 0 saturated carbocycles. The Morgan fingerprint density at radius 3 is 2.45 bits per heavy atom. The summed E-state index contributed by atoms with van der Waals surface area (Å²) in [5.41, 5.74) is 4.32. The number of hydrogen-bond donors (Lipinski definition) is 0. The summed E-state index contributed by atoms with van der Waals surface area (Å²) in [6, 6.07) is 22.3. The number of carbonyl (C=O) groups excluding carboxylic acids is 2. The van der Waals surface area contributed by atoms with Crippen LogP contribution in [0.3, 0.4) is 0 Å². The summed E-state index contributed by atoms with van der Waals surface area (Å²) in [6.07, 6.45) is 0.720. The third-order valence-corrected chi connectivity index (χ3v) is 8.80. The molecule has 1 aliphatic carbocycles. The number of amides is 2. The number of fused-ring (bicyclic) bond motifs is 6. The second-order valence-corrected chi connectivity index (χ2v) is 10.7. The predicted molar refractivity (Wildman–Crippen MR) is 140 cm³/mol. The molecule has 5 atom stereocenters. The molecule has 2 amide bonds. The van der Waals surface area contributed by atoms with E-state index in [1.54, 1.807) is 14.0 Å². The van der Waals surface area contributed by atoms with Gasteiger partial charge in [-0.15, -0.1) is 0 Å². The molecule has 194 valence electrons. The van der Waals surface area contributed by atoms with Gasteiger partial charge in [0.1, 0.15) is 0 Å². The number of hydrogen-bond acceptors (Lipinski definition) is 5. The molecule has 7 nitrogen and oxygen atoms in total. The van der Waals surface area contributed by atoms with Crippen LogP contribution in [0.15, 0.2) is 66.7 Å². The van der Waals surface area contributed by atoms with Gasteiger partial charge in [-0.3, -0.25) is 9.59 Å². The Morgan fingerprint density at radius 1 is 1.00 bits per heavy atom. The van der Waals surface area contributed by atoms with Crippen LogP contribution in [0.25, 0.3) is 0 Å². The molecule has 38 heavy (non-hydrogen) atoms. The summed E-state index contributed by atoms with van der Waals surface area (Å²) in [5.74, 6) is 1.58. The van der Waals surface area contributed by atoms with Crippen molar-refractivity contribution in [1.82, 2.24) is 9.80 Å². The summed E-state index contributed by atoms with van der Waals surface area (Å²) >= 11 is 0. The first-order chi connectivity index (χ1) is 18.6. The van der Waals surface area contributed by atoms with Gasteiger partial charge < -0.3 is 24.0 Å². The van der Waals surface area contributed by atoms with E-state index in [1.807, 2.05) is 47.4 Å². The van der Waals surface area contributed by atoms with Crippen molar-refractivity contribution in [2.75, 3.05) is 27.0 Å². The Bertz CT molecular complexity index is 1410. The molecule has 0 bridgehead atoms. The molecule has 5 unspecified atom stereocenters. The van der Waals surface area contributed by atoms with Crippen LogP contribution in [0.2, 0.25) is 0 Å². The molecule has 3 heterocycles. The van der Waals surface area contributed by atoms with E-state index >= 15 is 0 Å². The van der Waals surface area contributed by atoms with Crippen molar-refractivity contribution in [3.05, 3.63) is 89.0 Å². The van der Waals surface area contributed by atoms with E-state index in [2.05, 4.69) is 29.2 Å². The quantitative estimate of drug-likeness (QED) is 0.532. The van der Waals surface area contributed by atoms with Gasteiger partial charge in [0.2, 0.25) is 24.4 Å². The molecular formula is C31H30N2O5. The average molecular weight is 511 g/mol. The van der Waals surface area contributed by atoms with Gasteiger partial charge >= 0.3 is 0 Å². The highest BCUT2D eigenvalue weighted by molar-refractivity contribution is 5.89. The summed E-state index contributed by atoms with van der Waals surface area (Å²) < 4.78 is 17.5. The van der Waals surface area contributed by atoms with Crippen LogP contribution in [0.4, 0.5) is 0 Å². The molecule has 2 fully saturated rings. The zero-order chi connectivity index (χ0) is 26.0. The first-order valence-corrected chi connectivity index (χ1v) is 13.2. The number of ether oxygens (including phenoxy) is 3. The Hall–Kier alpha value is -4.00. The van der Waals surface area contributed by atoms with Gasteiger partial charge in [-0.1, -0.05) is 60.7 Å². The summed E-state index contributed by atoms with van der Waals surface area (Å²) in [7, 11) is 1.65. The second kappa shape index (κ2) is 8.79. The van der Waals surface area contributed by atoms with E-state index in [4.69, 9.17) is 14.2 Å². The minimum Gasteiger partial charge on any atom is -0.492 e. The molecule has 4 aliphatic rings. The lowest BCUT2D eigenvalue weighted by atomic mass is 9.82. The molecule has 3 aliphatic heterocycles. The van der Waals surface area contributed by atoms with E-state index in [1.165, 1.54) is 5.56 Å². The van der Waals surface area contributed by atoms with Crippen molar-refractivity contribution >= 4 is 11.8 Å². The summed E-state index contributed by atoms with van der Waals surface area (Å²) in [4.78, 5) is 31.3. The van der Waals surface area contributed by atoms with Crippen molar-refractivity contribution in [2.45, 2.75) is 37.3 Å². The SMILES string of the molecule is COc1c2c(cc3c1C(c1ccccc1)C1C(=O)N4CC(Cc5ccccc5)N(C(C)=O)CC4C31)OCO2. The van der Waals surface area contributed by atoms with E-state index < -0.39 is 0 Å². The molecule has 0 aromatic heterocycles. The van der Waals surface area contributed by atoms with Crippen LogP contribution in [-0.2, 0) is 16.0 Å². The molecule has 7 heteroatoms. The van der Waals surface area contributed by atoms with Gasteiger partial charge in [-0.25, -0.2) is 0 Å². The Labute approximate surface area is 221 Å². The first-order valence-electron chi connectivity index (χ1n) is 13.2. The number of benzene rings is 3. The number of nitrogens with zero attached hydrogens (tertiary/aromatic N) is 2. The number of rotatable bonds is 4.